The average molecular weight is 604 g/mol. The van der Waals surface area contributed by atoms with Gasteiger partial charge in [0.05, 0.1) is 0 Å². The Balaban J connectivity index is 3.65. The Labute approximate surface area is 184 Å². The number of hydrogen-bond donors (Lipinski definition) is 0. The SMILES string of the molecule is [CH3][Sn]([CH3])([CH3])[c]1c(C#N)c(C#N)c2c(C#N)c(C#N)[c]([Sn]([CH3])([CH3])[CH3])c(C#N)c2c1C#N. The molecule has 0 spiro atoms. The molecule has 2 aromatic rings. The molecule has 0 aliphatic rings. The van der Waals surface area contributed by atoms with E-state index < -0.39 is 36.8 Å². The summed E-state index contributed by atoms with van der Waals surface area (Å²) in [6.45, 7) is 0. The zero-order valence-electron chi connectivity index (χ0n) is 17.7. The van der Waals surface area contributed by atoms with Crippen LogP contribution in [0.2, 0.25) is 29.6 Å². The summed E-state index contributed by atoms with van der Waals surface area (Å²) >= 11 is -6.31. The molecule has 0 saturated heterocycles. The van der Waals surface area contributed by atoms with Crippen molar-refractivity contribution in [3.05, 3.63) is 33.4 Å². The van der Waals surface area contributed by atoms with Gasteiger partial charge >= 0.3 is 186 Å². The summed E-state index contributed by atoms with van der Waals surface area (Å²) in [5.41, 5.74) is 0.570. The van der Waals surface area contributed by atoms with Crippen molar-refractivity contribution in [2.24, 2.45) is 0 Å². The van der Waals surface area contributed by atoms with Crippen LogP contribution < -0.4 is 7.16 Å². The predicted molar refractivity (Wildman–Crippen MR) is 118 cm³/mol. The molecule has 0 heterocycles. The predicted octanol–water partition coefficient (Wildman–Crippen LogP) is 3.16. The second-order valence-electron chi connectivity index (χ2n) is 8.92. The van der Waals surface area contributed by atoms with Gasteiger partial charge in [-0.15, -0.1) is 0 Å². The van der Waals surface area contributed by atoms with E-state index in [2.05, 4.69) is 24.3 Å². The molecule has 2 aromatic carbocycles. The minimum absolute atomic E-state index is 0.0201. The van der Waals surface area contributed by atoms with E-state index in [0.717, 1.165) is 0 Å². The Hall–Kier alpha value is -2.76. The van der Waals surface area contributed by atoms with Gasteiger partial charge in [0.2, 0.25) is 0 Å². The molecule has 0 radical (unpaired) electrons. The summed E-state index contributed by atoms with van der Waals surface area (Å²) in [6.07, 6.45) is 0. The molecule has 0 amide bonds. The van der Waals surface area contributed by atoms with Crippen LogP contribution in [0.1, 0.15) is 33.4 Å². The third-order valence-electron chi connectivity index (χ3n) is 4.92. The number of benzene rings is 2. The zero-order valence-corrected chi connectivity index (χ0v) is 23.4. The maximum absolute atomic E-state index is 10.1. The Morgan fingerprint density at radius 2 is 0.633 bits per heavy atom. The normalized spacial score (nSPS) is 10.8. The van der Waals surface area contributed by atoms with Crippen LogP contribution in [0.3, 0.4) is 0 Å². The van der Waals surface area contributed by atoms with Gasteiger partial charge in [0.25, 0.3) is 0 Å². The molecule has 144 valence electrons. The Morgan fingerprint density at radius 1 is 0.400 bits per heavy atom. The molecule has 0 bridgehead atoms. The molecule has 0 saturated carbocycles. The van der Waals surface area contributed by atoms with Gasteiger partial charge in [-0.2, -0.15) is 0 Å². The number of nitriles is 6. The fourth-order valence-corrected chi connectivity index (χ4v) is 14.5. The van der Waals surface area contributed by atoms with Gasteiger partial charge in [0, 0.05) is 0 Å². The summed E-state index contributed by atoms with van der Waals surface area (Å²) in [5, 5.41) is 60.3. The van der Waals surface area contributed by atoms with E-state index in [0.29, 0.717) is 7.16 Å². The van der Waals surface area contributed by atoms with Crippen molar-refractivity contribution in [3.8, 4) is 36.4 Å². The van der Waals surface area contributed by atoms with Gasteiger partial charge in [0.15, 0.2) is 0 Å². The molecule has 0 aliphatic heterocycles. The van der Waals surface area contributed by atoms with Crippen LogP contribution in [0.15, 0.2) is 0 Å². The first-order valence-corrected chi connectivity index (χ1v) is 29.1. The number of nitrogens with zero attached hydrogens (tertiary/aromatic N) is 6. The third kappa shape index (κ3) is 3.48. The third-order valence-corrected chi connectivity index (χ3v) is 16.3. The van der Waals surface area contributed by atoms with Crippen LogP contribution in [-0.2, 0) is 0 Å². The van der Waals surface area contributed by atoms with Crippen molar-refractivity contribution in [2.45, 2.75) is 29.6 Å². The van der Waals surface area contributed by atoms with Crippen molar-refractivity contribution < 1.29 is 0 Å². The van der Waals surface area contributed by atoms with Crippen LogP contribution in [0, 0.1) is 68.0 Å². The van der Waals surface area contributed by atoms with Gasteiger partial charge in [-0.05, 0) is 0 Å². The van der Waals surface area contributed by atoms with Crippen molar-refractivity contribution in [1.29, 1.82) is 31.6 Å². The van der Waals surface area contributed by atoms with Gasteiger partial charge in [-0.25, -0.2) is 0 Å². The summed E-state index contributed by atoms with van der Waals surface area (Å²) < 4.78 is 1.16. The van der Waals surface area contributed by atoms with Crippen molar-refractivity contribution in [2.75, 3.05) is 0 Å². The number of rotatable bonds is 2. The fourth-order valence-electron chi connectivity index (χ4n) is 3.92. The Kier molecular flexibility index (Phi) is 6.40. The molecule has 6 nitrogen and oxygen atoms in total. The van der Waals surface area contributed by atoms with Gasteiger partial charge in [-0.3, -0.25) is 0 Å². The summed E-state index contributed by atoms with van der Waals surface area (Å²) in [7, 11) is 0. The molecular formula is C22H18N6Sn2. The monoisotopic (exact) mass is 606 g/mol. The van der Waals surface area contributed by atoms with E-state index in [1.165, 1.54) is 0 Å². The van der Waals surface area contributed by atoms with Crippen LogP contribution in [-0.4, -0.2) is 36.8 Å². The molecule has 0 atom stereocenters. The summed E-state index contributed by atoms with van der Waals surface area (Å²) in [4.78, 5) is 12.2. The van der Waals surface area contributed by atoms with Crippen LogP contribution in [0.4, 0.5) is 0 Å². The zero-order chi connectivity index (χ0) is 23.0. The van der Waals surface area contributed by atoms with Crippen molar-refractivity contribution in [1.82, 2.24) is 0 Å². The second-order valence-corrected chi connectivity index (χ2v) is 37.5. The topological polar surface area (TPSA) is 143 Å². The Bertz CT molecular complexity index is 1260. The quantitative estimate of drug-likeness (QED) is 0.483. The van der Waals surface area contributed by atoms with Gasteiger partial charge < -0.3 is 0 Å². The van der Waals surface area contributed by atoms with E-state index in [1.54, 1.807) is 0 Å². The summed E-state index contributed by atoms with van der Waals surface area (Å²) in [5.74, 6) is 0. The molecule has 30 heavy (non-hydrogen) atoms. The molecule has 0 N–H and O–H groups in total. The second kappa shape index (κ2) is 8.17. The average Bonchev–Trinajstić information content (AvgIpc) is 2.67. The molecule has 0 aromatic heterocycles. The Morgan fingerprint density at radius 3 is 0.833 bits per heavy atom. The molecule has 2 rings (SSSR count). The first-order chi connectivity index (χ1) is 13.9. The van der Waals surface area contributed by atoms with Crippen molar-refractivity contribution in [3.63, 3.8) is 0 Å². The molecule has 0 fully saturated rings. The molecular weight excluding hydrogens is 586 g/mol. The van der Waals surface area contributed by atoms with Crippen molar-refractivity contribution >= 4 is 54.7 Å². The van der Waals surface area contributed by atoms with E-state index in [-0.39, 0.29) is 44.2 Å². The van der Waals surface area contributed by atoms with Crippen LogP contribution in [0.5, 0.6) is 0 Å². The standard InChI is InChI=1S/C16N6.6CH3.2Sn/c17-3-9-1-11(5-19)15-12(6-20)2-10(4-18)14(8-22)16(15)13(9)7-21;;;;;;;;/h;6*1H3;;. The first-order valence-electron chi connectivity index (χ1n) is 9.09. The van der Waals surface area contributed by atoms with E-state index in [4.69, 9.17) is 0 Å². The van der Waals surface area contributed by atoms with Crippen LogP contribution >= 0.6 is 0 Å². The van der Waals surface area contributed by atoms with Gasteiger partial charge in [0.1, 0.15) is 0 Å². The molecule has 0 unspecified atom stereocenters. The first kappa shape index (κ1) is 23.5. The van der Waals surface area contributed by atoms with Gasteiger partial charge in [-0.1, -0.05) is 0 Å². The van der Waals surface area contributed by atoms with Crippen LogP contribution in [0.25, 0.3) is 10.8 Å². The number of fused-ring (bicyclic) bond motifs is 1. The maximum atomic E-state index is 10.1. The molecule has 0 aliphatic carbocycles. The summed E-state index contributed by atoms with van der Waals surface area (Å²) in [6, 6.07) is 12.6. The molecule has 8 heteroatoms. The van der Waals surface area contributed by atoms with E-state index in [1.807, 2.05) is 41.8 Å². The van der Waals surface area contributed by atoms with E-state index in [9.17, 15) is 31.6 Å². The fraction of sp³-hybridized carbons (Fsp3) is 0.273. The minimum atomic E-state index is -3.15. The van der Waals surface area contributed by atoms with E-state index >= 15 is 0 Å². The number of hydrogen-bond acceptors (Lipinski definition) is 6.